The van der Waals surface area contributed by atoms with Crippen molar-refractivity contribution in [2.45, 2.75) is 30.4 Å². The van der Waals surface area contributed by atoms with Gasteiger partial charge in [-0.2, -0.15) is 11.8 Å². The molecule has 0 aromatic heterocycles. The Kier molecular flexibility index (Phi) is 2.07. The van der Waals surface area contributed by atoms with E-state index in [-0.39, 0.29) is 0 Å². The molecule has 3 heteroatoms. The van der Waals surface area contributed by atoms with Gasteiger partial charge in [-0.15, -0.1) is 0 Å². The van der Waals surface area contributed by atoms with Gasteiger partial charge < -0.3 is 4.90 Å². The lowest BCUT2D eigenvalue weighted by atomic mass is 10.3. The Morgan fingerprint density at radius 3 is 2.75 bits per heavy atom. The maximum Gasteiger partial charge on any atom is 0.0958 e. The van der Waals surface area contributed by atoms with Gasteiger partial charge in [0.1, 0.15) is 0 Å². The van der Waals surface area contributed by atoms with Crippen LogP contribution in [0.5, 0.6) is 0 Å². The van der Waals surface area contributed by atoms with Gasteiger partial charge >= 0.3 is 0 Å². The van der Waals surface area contributed by atoms with Crippen LogP contribution in [-0.2, 0) is 0 Å². The fourth-order valence-electron chi connectivity index (χ4n) is 1.82. The van der Waals surface area contributed by atoms with Crippen LogP contribution in [-0.4, -0.2) is 34.8 Å². The van der Waals surface area contributed by atoms with Crippen LogP contribution in [0.1, 0.15) is 25.7 Å². The number of nitrogens with one attached hydrogen (secondary N) is 1. The monoisotopic (exact) mass is 184 g/mol. The van der Waals surface area contributed by atoms with Gasteiger partial charge in [0.2, 0.25) is 0 Å². The molecule has 0 aromatic carbocycles. The van der Waals surface area contributed by atoms with Crippen LogP contribution in [0.2, 0.25) is 0 Å². The zero-order valence-electron chi connectivity index (χ0n) is 7.60. The summed E-state index contributed by atoms with van der Waals surface area (Å²) >= 11 is 1.99. The van der Waals surface area contributed by atoms with Gasteiger partial charge in [-0.05, 0) is 25.5 Å². The highest BCUT2D eigenvalue weighted by Crippen LogP contribution is 2.48. The summed E-state index contributed by atoms with van der Waals surface area (Å²) in [6.45, 7) is 2.26. The van der Waals surface area contributed by atoms with Crippen LogP contribution in [0.25, 0.3) is 0 Å². The lowest BCUT2D eigenvalue weighted by Crippen LogP contribution is -2.32. The molecule has 0 atom stereocenters. The van der Waals surface area contributed by atoms with Crippen LogP contribution in [0.3, 0.4) is 0 Å². The molecule has 0 bridgehead atoms. The second-order valence-electron chi connectivity index (χ2n) is 3.86. The third kappa shape index (κ3) is 1.47. The zero-order chi connectivity index (χ0) is 8.60. The molecule has 1 saturated heterocycles. The quantitative estimate of drug-likeness (QED) is 0.726. The van der Waals surface area contributed by atoms with Crippen molar-refractivity contribution in [2.24, 2.45) is 0 Å². The number of nitrogens with zero attached hydrogens (tertiary/aromatic N) is 1. The summed E-state index contributed by atoms with van der Waals surface area (Å²) in [5, 5.41) is 7.71. The van der Waals surface area contributed by atoms with E-state index in [4.69, 9.17) is 5.41 Å². The van der Waals surface area contributed by atoms with E-state index >= 15 is 0 Å². The van der Waals surface area contributed by atoms with Crippen molar-refractivity contribution >= 4 is 17.6 Å². The topological polar surface area (TPSA) is 27.1 Å². The Hall–Kier alpha value is -0.180. The second-order valence-corrected chi connectivity index (χ2v) is 5.13. The number of likely N-dealkylation sites (tertiary alicyclic amines) is 1. The molecular weight excluding hydrogens is 168 g/mol. The number of hydrogen-bond acceptors (Lipinski definition) is 2. The number of amidine groups is 1. The summed E-state index contributed by atoms with van der Waals surface area (Å²) in [6, 6.07) is 0. The van der Waals surface area contributed by atoms with E-state index in [9.17, 15) is 0 Å². The van der Waals surface area contributed by atoms with E-state index in [1.54, 1.807) is 0 Å². The van der Waals surface area contributed by atoms with Crippen LogP contribution in [0.15, 0.2) is 0 Å². The van der Waals surface area contributed by atoms with Crippen molar-refractivity contribution < 1.29 is 0 Å². The fraction of sp³-hybridized carbons (Fsp3) is 0.889. The third-order valence-electron chi connectivity index (χ3n) is 2.94. The molecule has 0 aromatic rings. The summed E-state index contributed by atoms with van der Waals surface area (Å²) in [4.78, 5) is 2.27. The lowest BCUT2D eigenvalue weighted by molar-refractivity contribution is 0.443. The number of thioether (sulfide) groups is 1. The Bertz CT molecular complexity index is 199. The molecule has 1 N–H and O–H groups in total. The van der Waals surface area contributed by atoms with E-state index in [1.165, 1.54) is 19.3 Å². The maximum atomic E-state index is 7.71. The molecular formula is C9H16N2S. The molecule has 2 nitrogen and oxygen atoms in total. The Morgan fingerprint density at radius 1 is 1.58 bits per heavy atom. The van der Waals surface area contributed by atoms with E-state index in [0.717, 1.165) is 25.3 Å². The Labute approximate surface area is 78.2 Å². The minimum Gasteiger partial charge on any atom is -0.359 e. The van der Waals surface area contributed by atoms with Gasteiger partial charge in [0.15, 0.2) is 0 Å². The van der Waals surface area contributed by atoms with Gasteiger partial charge in [-0.1, -0.05) is 0 Å². The molecule has 1 aliphatic heterocycles. The van der Waals surface area contributed by atoms with Gasteiger partial charge in [-0.25, -0.2) is 0 Å². The van der Waals surface area contributed by atoms with Crippen LogP contribution < -0.4 is 0 Å². The molecule has 0 unspecified atom stereocenters. The smallest absolute Gasteiger partial charge is 0.0958 e. The van der Waals surface area contributed by atoms with Gasteiger partial charge in [0.25, 0.3) is 0 Å². The number of rotatable bonds is 3. The average molecular weight is 184 g/mol. The fourth-order valence-corrected chi connectivity index (χ4v) is 2.61. The van der Waals surface area contributed by atoms with Gasteiger partial charge in [0.05, 0.1) is 5.84 Å². The van der Waals surface area contributed by atoms with Crippen LogP contribution >= 0.6 is 11.8 Å². The first-order valence-corrected chi connectivity index (χ1v) is 5.86. The first-order chi connectivity index (χ1) is 5.76. The minimum atomic E-state index is 0.538. The van der Waals surface area contributed by atoms with E-state index in [1.807, 2.05) is 11.8 Å². The minimum absolute atomic E-state index is 0.538. The summed E-state index contributed by atoms with van der Waals surface area (Å²) in [7, 11) is 0. The molecule has 0 radical (unpaired) electrons. The van der Waals surface area contributed by atoms with Crippen molar-refractivity contribution in [3.8, 4) is 0 Å². The van der Waals surface area contributed by atoms with E-state index in [0.29, 0.717) is 4.75 Å². The summed E-state index contributed by atoms with van der Waals surface area (Å²) in [6.07, 6.45) is 7.12. The predicted octanol–water partition coefficient (Wildman–Crippen LogP) is 1.96. The summed E-state index contributed by atoms with van der Waals surface area (Å²) in [5.74, 6) is 0.871. The third-order valence-corrected chi connectivity index (χ3v) is 4.35. The van der Waals surface area contributed by atoms with Gasteiger partial charge in [-0.3, -0.25) is 5.41 Å². The molecule has 1 heterocycles. The lowest BCUT2D eigenvalue weighted by Gasteiger charge is -2.23. The summed E-state index contributed by atoms with van der Waals surface area (Å²) < 4.78 is 0.538. The largest absolute Gasteiger partial charge is 0.359 e. The summed E-state index contributed by atoms with van der Waals surface area (Å²) in [5.41, 5.74) is 0. The first-order valence-electron chi connectivity index (χ1n) is 4.63. The number of hydrogen-bond donors (Lipinski definition) is 1. The molecule has 1 saturated carbocycles. The standard InChI is InChI=1S/C9H16N2S/c1-12-9(4-5-9)7-11-6-2-3-8(11)10/h10H,2-7H2,1H3. The van der Waals surface area contributed by atoms with Crippen molar-refractivity contribution in [3.63, 3.8) is 0 Å². The van der Waals surface area contributed by atoms with E-state index in [2.05, 4.69) is 11.2 Å². The van der Waals surface area contributed by atoms with Crippen molar-refractivity contribution in [1.29, 1.82) is 5.41 Å². The molecule has 2 rings (SSSR count). The average Bonchev–Trinajstić information content (AvgIpc) is 2.74. The van der Waals surface area contributed by atoms with Crippen molar-refractivity contribution in [1.82, 2.24) is 4.90 Å². The molecule has 12 heavy (non-hydrogen) atoms. The van der Waals surface area contributed by atoms with Crippen molar-refractivity contribution in [3.05, 3.63) is 0 Å². The molecule has 68 valence electrons. The predicted molar refractivity (Wildman–Crippen MR) is 54.0 cm³/mol. The zero-order valence-corrected chi connectivity index (χ0v) is 8.41. The SMILES string of the molecule is CSC1(CN2CCCC2=N)CC1. The first kappa shape index (κ1) is 8.42. The second kappa shape index (κ2) is 2.95. The highest BCUT2D eigenvalue weighted by molar-refractivity contribution is 8.00. The Balaban J connectivity index is 1.90. The van der Waals surface area contributed by atoms with Crippen LogP contribution in [0, 0.1) is 5.41 Å². The highest BCUT2D eigenvalue weighted by atomic mass is 32.2. The van der Waals surface area contributed by atoms with Crippen LogP contribution in [0.4, 0.5) is 0 Å². The van der Waals surface area contributed by atoms with Gasteiger partial charge in [0, 0.05) is 24.3 Å². The van der Waals surface area contributed by atoms with Crippen molar-refractivity contribution in [2.75, 3.05) is 19.3 Å². The molecule has 0 spiro atoms. The highest BCUT2D eigenvalue weighted by Gasteiger charge is 2.44. The molecule has 1 aliphatic carbocycles. The van der Waals surface area contributed by atoms with E-state index < -0.39 is 0 Å². The Morgan fingerprint density at radius 2 is 2.33 bits per heavy atom. The molecule has 2 aliphatic rings. The molecule has 0 amide bonds. The molecule has 2 fully saturated rings. The maximum absolute atomic E-state index is 7.71. The normalized spacial score (nSPS) is 26.4.